The van der Waals surface area contributed by atoms with Crippen LogP contribution < -0.4 is 10.7 Å². The quantitative estimate of drug-likeness (QED) is 0.555. The number of amides is 2. The highest BCUT2D eigenvalue weighted by Gasteiger charge is 2.77. The molecule has 2 bridgehead atoms. The Labute approximate surface area is 223 Å². The molecule has 9 nitrogen and oxygen atoms in total. The lowest BCUT2D eigenvalue weighted by atomic mass is 9.56. The highest BCUT2D eigenvalue weighted by atomic mass is 16.5. The van der Waals surface area contributed by atoms with Gasteiger partial charge in [-0.25, -0.2) is 15.2 Å². The summed E-state index contributed by atoms with van der Waals surface area (Å²) in [5.74, 6) is 0.901. The van der Waals surface area contributed by atoms with Gasteiger partial charge in [0.25, 0.3) is 0 Å². The third kappa shape index (κ3) is 2.98. The van der Waals surface area contributed by atoms with Gasteiger partial charge in [0.1, 0.15) is 17.6 Å². The van der Waals surface area contributed by atoms with E-state index >= 15 is 0 Å². The van der Waals surface area contributed by atoms with Crippen molar-refractivity contribution < 1.29 is 14.6 Å². The summed E-state index contributed by atoms with van der Waals surface area (Å²) in [5, 5.41) is 15.6. The standard InChI is InChI=1S/C29H36N6O3/c1-19-12-21(33-11-10-26(2,15-33)20-6-4-3-5-7-20)13-35-22(19)30-24(32-35)29-14-27(17-36,18-38-29)23(29)34-16-28(8-9-28)31-25(34)37/h3-7,12-13,23-24,32,36H,8-11,14-18H2,1-2H3,(H,31,37)/t23?,24?,26-,27?,29?/m0/s1. The van der Waals surface area contributed by atoms with E-state index in [4.69, 9.17) is 9.73 Å². The molecule has 5 atom stereocenters. The van der Waals surface area contributed by atoms with Crippen molar-refractivity contribution in [3.8, 4) is 0 Å². The Hall–Kier alpha value is -2.88. The van der Waals surface area contributed by atoms with Crippen LogP contribution in [0.4, 0.5) is 4.79 Å². The van der Waals surface area contributed by atoms with Gasteiger partial charge in [-0.2, -0.15) is 0 Å². The van der Waals surface area contributed by atoms with Crippen molar-refractivity contribution in [2.24, 2.45) is 10.4 Å². The maximum absolute atomic E-state index is 13.0. The van der Waals surface area contributed by atoms with Crippen molar-refractivity contribution in [3.63, 3.8) is 0 Å². The van der Waals surface area contributed by atoms with Crippen LogP contribution in [0.5, 0.6) is 0 Å². The number of nitrogens with zero attached hydrogens (tertiary/aromatic N) is 4. The minimum atomic E-state index is -0.640. The van der Waals surface area contributed by atoms with Crippen molar-refractivity contribution in [1.29, 1.82) is 0 Å². The zero-order valence-electron chi connectivity index (χ0n) is 22.1. The summed E-state index contributed by atoms with van der Waals surface area (Å²) in [6, 6.07) is 10.6. The van der Waals surface area contributed by atoms with Gasteiger partial charge in [0.05, 0.1) is 30.5 Å². The molecule has 4 unspecified atom stereocenters. The van der Waals surface area contributed by atoms with Crippen LogP contribution in [0.25, 0.3) is 0 Å². The van der Waals surface area contributed by atoms with Gasteiger partial charge in [-0.3, -0.25) is 5.01 Å². The smallest absolute Gasteiger partial charge is 0.318 e. The van der Waals surface area contributed by atoms with Gasteiger partial charge < -0.3 is 25.0 Å². The van der Waals surface area contributed by atoms with Crippen molar-refractivity contribution in [2.45, 2.75) is 68.3 Å². The molecule has 9 heteroatoms. The molecule has 6 heterocycles. The average molecular weight is 517 g/mol. The molecule has 2 saturated carbocycles. The number of ether oxygens (including phenoxy) is 1. The SMILES string of the molecule is CC1=CC(N2CC[C@](C)(c3ccccc3)C2)=CN2NC(C34CC(CO)(CO3)C4N3CC4(CC4)NC3=O)N=C12. The number of carbonyl (C=O) groups excluding carboxylic acids is 1. The Morgan fingerprint density at radius 1 is 1.18 bits per heavy atom. The van der Waals surface area contributed by atoms with Crippen LogP contribution >= 0.6 is 0 Å². The second kappa shape index (κ2) is 7.40. The highest BCUT2D eigenvalue weighted by molar-refractivity contribution is 6.00. The van der Waals surface area contributed by atoms with Gasteiger partial charge in [-0.1, -0.05) is 37.3 Å². The van der Waals surface area contributed by atoms with Crippen molar-refractivity contribution in [3.05, 3.63) is 59.4 Å². The van der Waals surface area contributed by atoms with E-state index in [2.05, 4.69) is 72.1 Å². The fraction of sp³-hybridized carbons (Fsp3) is 0.586. The second-order valence-corrected chi connectivity index (χ2v) is 13.0. The molecule has 6 aliphatic heterocycles. The molecule has 6 fully saturated rings. The van der Waals surface area contributed by atoms with Gasteiger partial charge in [-0.05, 0) is 49.8 Å². The van der Waals surface area contributed by atoms with Gasteiger partial charge in [-0.15, -0.1) is 0 Å². The van der Waals surface area contributed by atoms with Gasteiger partial charge >= 0.3 is 6.03 Å². The zero-order valence-corrected chi connectivity index (χ0v) is 22.1. The molecule has 1 aromatic carbocycles. The predicted octanol–water partition coefficient (Wildman–Crippen LogP) is 2.07. The molecular weight excluding hydrogens is 480 g/mol. The molecule has 9 rings (SSSR count). The van der Waals surface area contributed by atoms with Gasteiger partial charge in [0, 0.05) is 36.7 Å². The molecular formula is C29H36N6O3. The van der Waals surface area contributed by atoms with Crippen LogP contribution in [0.1, 0.15) is 45.1 Å². The van der Waals surface area contributed by atoms with Gasteiger partial charge in [0.15, 0.2) is 0 Å². The summed E-state index contributed by atoms with van der Waals surface area (Å²) in [5.41, 5.74) is 6.30. The number of nitrogens with one attached hydrogen (secondary N) is 2. The van der Waals surface area contributed by atoms with Crippen molar-refractivity contribution in [2.75, 3.05) is 32.8 Å². The fourth-order valence-corrected chi connectivity index (χ4v) is 8.06. The number of hydrogen-bond donors (Lipinski definition) is 3. The third-order valence-electron chi connectivity index (χ3n) is 10.4. The topological polar surface area (TPSA) is 92.7 Å². The first-order chi connectivity index (χ1) is 18.3. The third-order valence-corrected chi connectivity index (χ3v) is 10.4. The summed E-state index contributed by atoms with van der Waals surface area (Å²) < 4.78 is 6.47. The summed E-state index contributed by atoms with van der Waals surface area (Å²) in [6.07, 6.45) is 7.93. The number of hydrazine groups is 1. The summed E-state index contributed by atoms with van der Waals surface area (Å²) in [4.78, 5) is 22.6. The Morgan fingerprint density at radius 2 is 2.00 bits per heavy atom. The fourth-order valence-electron chi connectivity index (χ4n) is 8.06. The largest absolute Gasteiger partial charge is 0.396 e. The molecule has 2 amide bonds. The molecule has 200 valence electrons. The summed E-state index contributed by atoms with van der Waals surface area (Å²) >= 11 is 0. The minimum absolute atomic E-state index is 0.0152. The molecule has 0 radical (unpaired) electrons. The number of aliphatic hydroxyl groups is 1. The molecule has 8 aliphatic rings. The first-order valence-corrected chi connectivity index (χ1v) is 14.0. The summed E-state index contributed by atoms with van der Waals surface area (Å²) in [6.45, 7) is 7.61. The van der Waals surface area contributed by atoms with Crippen LogP contribution in [0, 0.1) is 5.41 Å². The maximum Gasteiger partial charge on any atom is 0.318 e. The molecule has 4 saturated heterocycles. The number of urea groups is 1. The zero-order chi connectivity index (χ0) is 25.9. The lowest BCUT2D eigenvalue weighted by molar-refractivity contribution is -0.125. The van der Waals surface area contributed by atoms with Crippen LogP contribution in [0.15, 0.2) is 58.9 Å². The van der Waals surface area contributed by atoms with E-state index in [-0.39, 0.29) is 35.8 Å². The Morgan fingerprint density at radius 3 is 2.74 bits per heavy atom. The first kappa shape index (κ1) is 23.0. The van der Waals surface area contributed by atoms with Crippen molar-refractivity contribution >= 4 is 11.9 Å². The number of fused-ring (bicyclic) bond motifs is 2. The maximum atomic E-state index is 13.0. The molecule has 3 N–H and O–H groups in total. The lowest BCUT2D eigenvalue weighted by Crippen LogP contribution is -2.74. The predicted molar refractivity (Wildman–Crippen MR) is 142 cm³/mol. The Bertz CT molecular complexity index is 1310. The van der Waals surface area contributed by atoms with Crippen LogP contribution in [-0.4, -0.2) is 88.0 Å². The van der Waals surface area contributed by atoms with Crippen LogP contribution in [0.3, 0.4) is 0 Å². The second-order valence-electron chi connectivity index (χ2n) is 13.0. The monoisotopic (exact) mass is 516 g/mol. The van der Waals surface area contributed by atoms with E-state index in [1.165, 1.54) is 11.3 Å². The number of benzene rings is 1. The van der Waals surface area contributed by atoms with E-state index in [0.717, 1.165) is 43.8 Å². The summed E-state index contributed by atoms with van der Waals surface area (Å²) in [7, 11) is 0. The lowest BCUT2D eigenvalue weighted by Gasteiger charge is -2.56. The van der Waals surface area contributed by atoms with Crippen LogP contribution in [0.2, 0.25) is 0 Å². The molecule has 1 aromatic rings. The van der Waals surface area contributed by atoms with Crippen molar-refractivity contribution in [1.82, 2.24) is 25.6 Å². The van der Waals surface area contributed by atoms with E-state index in [0.29, 0.717) is 19.6 Å². The number of allylic oxidation sites excluding steroid dienone is 1. The number of aliphatic imine (C=N–C) groups is 1. The molecule has 0 aromatic heterocycles. The number of likely N-dealkylation sites (tertiary alicyclic amines) is 1. The highest BCUT2D eigenvalue weighted by Crippen LogP contribution is 2.63. The van der Waals surface area contributed by atoms with Gasteiger partial charge in [0.2, 0.25) is 0 Å². The first-order valence-electron chi connectivity index (χ1n) is 14.0. The molecule has 1 spiro atoms. The van der Waals surface area contributed by atoms with E-state index in [9.17, 15) is 9.90 Å². The Kier molecular flexibility index (Phi) is 4.49. The number of hydrogen-bond acceptors (Lipinski definition) is 7. The number of carbonyl (C=O) groups is 1. The van der Waals surface area contributed by atoms with E-state index in [1.54, 1.807) is 0 Å². The molecule has 38 heavy (non-hydrogen) atoms. The number of aliphatic hydroxyl groups excluding tert-OH is 1. The Balaban J connectivity index is 1.05. The van der Waals surface area contributed by atoms with E-state index in [1.807, 2.05) is 9.91 Å². The normalized spacial score (nSPS) is 40.1. The average Bonchev–Trinajstić information content (AvgIpc) is 3.38. The number of rotatable bonds is 5. The molecule has 2 aliphatic carbocycles. The minimum Gasteiger partial charge on any atom is -0.396 e. The number of amidine groups is 1. The van der Waals surface area contributed by atoms with E-state index < -0.39 is 11.0 Å². The van der Waals surface area contributed by atoms with Crippen LogP contribution in [-0.2, 0) is 10.2 Å².